The third-order valence-corrected chi connectivity index (χ3v) is 3.04. The molecule has 1 rings (SSSR count). The Morgan fingerprint density at radius 3 is 2.53 bits per heavy atom. The summed E-state index contributed by atoms with van der Waals surface area (Å²) < 4.78 is 10.8. The lowest BCUT2D eigenvalue weighted by molar-refractivity contribution is 0.0834. The van der Waals surface area contributed by atoms with E-state index in [1.807, 2.05) is 18.2 Å². The molecule has 3 heteroatoms. The van der Waals surface area contributed by atoms with E-state index in [0.29, 0.717) is 6.04 Å². The molecule has 0 saturated heterocycles. The highest BCUT2D eigenvalue weighted by Crippen LogP contribution is 2.20. The lowest BCUT2D eigenvalue weighted by atomic mass is 10.0. The summed E-state index contributed by atoms with van der Waals surface area (Å²) in [4.78, 5) is 0. The van der Waals surface area contributed by atoms with E-state index in [1.54, 1.807) is 14.2 Å². The van der Waals surface area contributed by atoms with Crippen LogP contribution >= 0.6 is 0 Å². The molecule has 1 N–H and O–H groups in total. The Balaban J connectivity index is 2.77. The van der Waals surface area contributed by atoms with Crippen molar-refractivity contribution in [1.29, 1.82) is 0 Å². The van der Waals surface area contributed by atoms with Crippen LogP contribution in [0.1, 0.15) is 19.4 Å². The molecule has 0 aliphatic rings. The van der Waals surface area contributed by atoms with E-state index in [1.165, 1.54) is 5.56 Å². The number of rotatable bonds is 7. The lowest BCUT2D eigenvalue weighted by Crippen LogP contribution is -2.41. The van der Waals surface area contributed by atoms with Crippen LogP contribution in [0.25, 0.3) is 0 Å². The maximum atomic E-state index is 5.41. The maximum Gasteiger partial charge on any atom is 0.122 e. The Hall–Kier alpha value is -1.06. The van der Waals surface area contributed by atoms with Gasteiger partial charge in [-0.15, -0.1) is 0 Å². The summed E-state index contributed by atoms with van der Waals surface area (Å²) in [7, 11) is 3.46. The second-order valence-electron chi connectivity index (χ2n) is 4.12. The van der Waals surface area contributed by atoms with Gasteiger partial charge < -0.3 is 14.8 Å². The van der Waals surface area contributed by atoms with Crippen LogP contribution in [0.3, 0.4) is 0 Å². The summed E-state index contributed by atoms with van der Waals surface area (Å²) in [6.07, 6.45) is 1.09. The van der Waals surface area contributed by atoms with Gasteiger partial charge in [-0.25, -0.2) is 0 Å². The van der Waals surface area contributed by atoms with Gasteiger partial charge in [0.05, 0.1) is 13.2 Å². The van der Waals surface area contributed by atoms with Gasteiger partial charge >= 0.3 is 0 Å². The van der Waals surface area contributed by atoms with Crippen LogP contribution in [-0.2, 0) is 11.2 Å². The molecule has 0 aliphatic heterocycles. The van der Waals surface area contributed by atoms with Gasteiger partial charge in [0.1, 0.15) is 5.75 Å². The predicted molar refractivity (Wildman–Crippen MR) is 70.6 cm³/mol. The SMILES string of the molecule is CCNC(Cc1ccccc1OC)C(C)OC. The molecule has 0 amide bonds. The summed E-state index contributed by atoms with van der Waals surface area (Å²) >= 11 is 0. The topological polar surface area (TPSA) is 30.5 Å². The Morgan fingerprint density at radius 2 is 1.94 bits per heavy atom. The molecule has 0 saturated carbocycles. The summed E-state index contributed by atoms with van der Waals surface area (Å²) in [5.74, 6) is 0.943. The standard InChI is InChI=1S/C14H23NO2/c1-5-15-13(11(2)16-3)10-12-8-6-7-9-14(12)17-4/h6-9,11,13,15H,5,10H2,1-4H3. The van der Waals surface area contributed by atoms with Crippen LogP contribution < -0.4 is 10.1 Å². The van der Waals surface area contributed by atoms with Crippen LogP contribution in [0.5, 0.6) is 5.75 Å². The number of methoxy groups -OCH3 is 2. The second kappa shape index (κ2) is 7.30. The molecular formula is C14H23NO2. The number of hydrogen-bond acceptors (Lipinski definition) is 3. The van der Waals surface area contributed by atoms with Crippen molar-refractivity contribution in [2.45, 2.75) is 32.4 Å². The fourth-order valence-corrected chi connectivity index (χ4v) is 1.94. The second-order valence-corrected chi connectivity index (χ2v) is 4.12. The molecule has 0 radical (unpaired) electrons. The number of para-hydroxylation sites is 1. The number of likely N-dealkylation sites (N-methyl/N-ethyl adjacent to an activating group) is 1. The summed E-state index contributed by atoms with van der Waals surface area (Å²) in [5.41, 5.74) is 1.21. The van der Waals surface area contributed by atoms with Crippen molar-refractivity contribution in [3.05, 3.63) is 29.8 Å². The van der Waals surface area contributed by atoms with Gasteiger partial charge in [0.2, 0.25) is 0 Å². The van der Waals surface area contributed by atoms with Gasteiger partial charge in [0.15, 0.2) is 0 Å². The van der Waals surface area contributed by atoms with E-state index < -0.39 is 0 Å². The molecule has 0 heterocycles. The number of benzene rings is 1. The van der Waals surface area contributed by atoms with Crippen LogP contribution in [-0.4, -0.2) is 32.9 Å². The highest BCUT2D eigenvalue weighted by atomic mass is 16.5. The van der Waals surface area contributed by atoms with E-state index in [-0.39, 0.29) is 6.10 Å². The molecule has 0 aromatic heterocycles. The van der Waals surface area contributed by atoms with Crippen molar-refractivity contribution in [2.24, 2.45) is 0 Å². The average molecular weight is 237 g/mol. The molecule has 0 aliphatic carbocycles. The third-order valence-electron chi connectivity index (χ3n) is 3.04. The summed E-state index contributed by atoms with van der Waals surface area (Å²) in [6, 6.07) is 8.44. The zero-order chi connectivity index (χ0) is 12.7. The highest BCUT2D eigenvalue weighted by molar-refractivity contribution is 5.34. The first-order valence-electron chi connectivity index (χ1n) is 6.11. The zero-order valence-electron chi connectivity index (χ0n) is 11.2. The van der Waals surface area contributed by atoms with Crippen LogP contribution in [0.2, 0.25) is 0 Å². The fourth-order valence-electron chi connectivity index (χ4n) is 1.94. The minimum Gasteiger partial charge on any atom is -0.496 e. The first kappa shape index (κ1) is 14.0. The lowest BCUT2D eigenvalue weighted by Gasteiger charge is -2.24. The van der Waals surface area contributed by atoms with Crippen LogP contribution in [0.15, 0.2) is 24.3 Å². The van der Waals surface area contributed by atoms with Gasteiger partial charge in [0, 0.05) is 13.2 Å². The highest BCUT2D eigenvalue weighted by Gasteiger charge is 2.17. The van der Waals surface area contributed by atoms with Gasteiger partial charge in [-0.3, -0.25) is 0 Å². The third kappa shape index (κ3) is 4.02. The Morgan fingerprint density at radius 1 is 1.24 bits per heavy atom. The van der Waals surface area contributed by atoms with Crippen molar-refractivity contribution in [1.82, 2.24) is 5.32 Å². The molecule has 17 heavy (non-hydrogen) atoms. The largest absolute Gasteiger partial charge is 0.496 e. The van der Waals surface area contributed by atoms with E-state index in [4.69, 9.17) is 9.47 Å². The van der Waals surface area contributed by atoms with Crippen molar-refractivity contribution < 1.29 is 9.47 Å². The minimum atomic E-state index is 0.180. The van der Waals surface area contributed by atoms with E-state index in [2.05, 4.69) is 25.2 Å². The van der Waals surface area contributed by atoms with Gasteiger partial charge in [-0.05, 0) is 31.5 Å². The quantitative estimate of drug-likeness (QED) is 0.789. The van der Waals surface area contributed by atoms with E-state index in [9.17, 15) is 0 Å². The first-order chi connectivity index (χ1) is 8.22. The Kier molecular flexibility index (Phi) is 6.01. The molecule has 1 aromatic carbocycles. The predicted octanol–water partition coefficient (Wildman–Crippen LogP) is 2.25. The molecule has 2 unspecified atom stereocenters. The summed E-state index contributed by atoms with van der Waals surface area (Å²) in [6.45, 7) is 5.13. The van der Waals surface area contributed by atoms with Crippen molar-refractivity contribution in [2.75, 3.05) is 20.8 Å². The molecular weight excluding hydrogens is 214 g/mol. The van der Waals surface area contributed by atoms with Crippen molar-refractivity contribution in [3.63, 3.8) is 0 Å². The Labute approximate surface area is 104 Å². The normalized spacial score (nSPS) is 14.4. The molecule has 1 aromatic rings. The van der Waals surface area contributed by atoms with Crippen LogP contribution in [0, 0.1) is 0 Å². The van der Waals surface area contributed by atoms with Gasteiger partial charge in [-0.2, -0.15) is 0 Å². The molecule has 0 fully saturated rings. The minimum absolute atomic E-state index is 0.180. The van der Waals surface area contributed by atoms with Crippen molar-refractivity contribution in [3.8, 4) is 5.75 Å². The number of nitrogens with one attached hydrogen (secondary N) is 1. The first-order valence-corrected chi connectivity index (χ1v) is 6.11. The molecule has 0 bridgehead atoms. The molecule has 2 atom stereocenters. The van der Waals surface area contributed by atoms with Crippen LogP contribution in [0.4, 0.5) is 0 Å². The fraction of sp³-hybridized carbons (Fsp3) is 0.571. The molecule has 0 spiro atoms. The number of hydrogen-bond donors (Lipinski definition) is 1. The van der Waals surface area contributed by atoms with Gasteiger partial charge in [-0.1, -0.05) is 25.1 Å². The number of ether oxygens (including phenoxy) is 2. The maximum absolute atomic E-state index is 5.41. The molecule has 96 valence electrons. The summed E-state index contributed by atoms with van der Waals surface area (Å²) in [5, 5.41) is 3.45. The van der Waals surface area contributed by atoms with E-state index >= 15 is 0 Å². The van der Waals surface area contributed by atoms with E-state index in [0.717, 1.165) is 18.7 Å². The average Bonchev–Trinajstić information content (AvgIpc) is 2.38. The smallest absolute Gasteiger partial charge is 0.122 e. The van der Waals surface area contributed by atoms with Gasteiger partial charge in [0.25, 0.3) is 0 Å². The zero-order valence-corrected chi connectivity index (χ0v) is 11.2. The van der Waals surface area contributed by atoms with Crippen molar-refractivity contribution >= 4 is 0 Å². The Bertz CT molecular complexity index is 328. The monoisotopic (exact) mass is 237 g/mol. The molecule has 3 nitrogen and oxygen atoms in total.